The molecule has 0 unspecified atom stereocenters. The summed E-state index contributed by atoms with van der Waals surface area (Å²) in [6, 6.07) is 0. The fourth-order valence-electron chi connectivity index (χ4n) is 1.21. The highest BCUT2D eigenvalue weighted by Gasteiger charge is 2.14. The van der Waals surface area contributed by atoms with Gasteiger partial charge in [-0.3, -0.25) is 0 Å². The van der Waals surface area contributed by atoms with Gasteiger partial charge < -0.3 is 4.57 Å². The van der Waals surface area contributed by atoms with E-state index >= 15 is 0 Å². The Labute approximate surface area is 68.3 Å². The van der Waals surface area contributed by atoms with E-state index in [1.165, 1.54) is 0 Å². The van der Waals surface area contributed by atoms with Crippen molar-refractivity contribution in [1.29, 1.82) is 0 Å². The maximum absolute atomic E-state index is 4.26. The van der Waals surface area contributed by atoms with Gasteiger partial charge in [0, 0.05) is 24.4 Å². The Balaban J connectivity index is 3.02. The van der Waals surface area contributed by atoms with Gasteiger partial charge in [-0.2, -0.15) is 0 Å². The molecule has 0 N–H and O–H groups in total. The van der Waals surface area contributed by atoms with E-state index in [9.17, 15) is 0 Å². The Morgan fingerprint density at radius 3 is 2.45 bits per heavy atom. The molecule has 1 rings (SSSR count). The second-order valence-electron chi connectivity index (χ2n) is 3.74. The van der Waals surface area contributed by atoms with Crippen molar-refractivity contribution < 1.29 is 0 Å². The normalized spacial score (nSPS) is 12.0. The molecule has 2 heteroatoms. The zero-order chi connectivity index (χ0) is 8.48. The predicted octanol–water partition coefficient (Wildman–Crippen LogP) is 2.20. The van der Waals surface area contributed by atoms with Crippen LogP contribution in [0.25, 0.3) is 0 Å². The summed E-state index contributed by atoms with van der Waals surface area (Å²) in [7, 11) is 0. The van der Waals surface area contributed by atoms with Crippen LogP contribution in [0.15, 0.2) is 12.4 Å². The monoisotopic (exact) mass is 152 g/mol. The molecule has 0 saturated heterocycles. The summed E-state index contributed by atoms with van der Waals surface area (Å²) in [6.07, 6.45) is 4.91. The number of hydrogen-bond donors (Lipinski definition) is 0. The minimum Gasteiger partial charge on any atom is -0.330 e. The van der Waals surface area contributed by atoms with E-state index in [4.69, 9.17) is 0 Å². The molecule has 1 aromatic heterocycles. The molecular weight excluding hydrogens is 136 g/mol. The van der Waals surface area contributed by atoms with Gasteiger partial charge in [-0.05, 0) is 20.8 Å². The lowest BCUT2D eigenvalue weighted by molar-refractivity contribution is 0.383. The van der Waals surface area contributed by atoms with Crippen molar-refractivity contribution in [3.63, 3.8) is 0 Å². The first-order chi connectivity index (χ1) is 5.05. The Hall–Kier alpha value is -0.790. The Morgan fingerprint density at radius 2 is 2.09 bits per heavy atom. The van der Waals surface area contributed by atoms with Crippen molar-refractivity contribution in [3.8, 4) is 0 Å². The zero-order valence-electron chi connectivity index (χ0n) is 7.76. The molecule has 0 saturated carbocycles. The van der Waals surface area contributed by atoms with E-state index in [0.29, 0.717) is 0 Å². The molecule has 0 aliphatic heterocycles. The quantitative estimate of drug-likeness (QED) is 0.603. The highest BCUT2D eigenvalue weighted by atomic mass is 15.1. The van der Waals surface area contributed by atoms with Crippen molar-refractivity contribution >= 4 is 0 Å². The third-order valence-corrected chi connectivity index (χ3v) is 1.76. The molecule has 0 radical (unpaired) electrons. The molecular formula is C9H16N2. The summed E-state index contributed by atoms with van der Waals surface area (Å²) in [5.41, 5.74) is 0.168. The third kappa shape index (κ3) is 1.62. The fourth-order valence-corrected chi connectivity index (χ4v) is 1.21. The largest absolute Gasteiger partial charge is 0.330 e. The number of imidazole rings is 1. The molecule has 0 fully saturated rings. The van der Waals surface area contributed by atoms with Crippen LogP contribution in [0.4, 0.5) is 0 Å². The molecule has 0 aromatic carbocycles. The molecule has 0 bridgehead atoms. The van der Waals surface area contributed by atoms with E-state index < -0.39 is 0 Å². The lowest BCUT2D eigenvalue weighted by Gasteiger charge is -2.22. The standard InChI is InChI=1S/C9H16N2/c1-5-8-10-6-7-11(8)9(2,3)4/h6-7H,5H2,1-4H3. The number of aryl methyl sites for hydroxylation is 1. The van der Waals surface area contributed by atoms with Crippen molar-refractivity contribution in [2.45, 2.75) is 39.7 Å². The van der Waals surface area contributed by atoms with E-state index in [1.54, 1.807) is 0 Å². The van der Waals surface area contributed by atoms with Crippen LogP contribution >= 0.6 is 0 Å². The highest BCUT2D eigenvalue weighted by molar-refractivity contribution is 4.96. The van der Waals surface area contributed by atoms with Gasteiger partial charge in [0.05, 0.1) is 0 Å². The molecule has 0 aliphatic carbocycles. The Bertz CT molecular complexity index is 230. The average Bonchev–Trinajstić information content (AvgIpc) is 2.31. The molecule has 1 aromatic rings. The molecule has 0 amide bonds. The number of nitrogens with zero attached hydrogens (tertiary/aromatic N) is 2. The molecule has 1 heterocycles. The van der Waals surface area contributed by atoms with Gasteiger partial charge in [-0.1, -0.05) is 6.92 Å². The molecule has 0 atom stereocenters. The van der Waals surface area contributed by atoms with Crippen molar-refractivity contribution in [3.05, 3.63) is 18.2 Å². The number of rotatable bonds is 1. The van der Waals surface area contributed by atoms with E-state index in [-0.39, 0.29) is 5.54 Å². The summed E-state index contributed by atoms with van der Waals surface area (Å²) >= 11 is 0. The summed E-state index contributed by atoms with van der Waals surface area (Å²) in [5.74, 6) is 1.16. The van der Waals surface area contributed by atoms with Gasteiger partial charge in [0.1, 0.15) is 5.82 Å². The zero-order valence-corrected chi connectivity index (χ0v) is 7.76. The lowest BCUT2D eigenvalue weighted by Crippen LogP contribution is -2.23. The lowest BCUT2D eigenvalue weighted by atomic mass is 10.1. The van der Waals surface area contributed by atoms with Crippen LogP contribution in [0.1, 0.15) is 33.5 Å². The van der Waals surface area contributed by atoms with Crippen LogP contribution in [0.2, 0.25) is 0 Å². The van der Waals surface area contributed by atoms with Crippen molar-refractivity contribution in [2.24, 2.45) is 0 Å². The van der Waals surface area contributed by atoms with Gasteiger partial charge in [0.2, 0.25) is 0 Å². The number of hydrogen-bond acceptors (Lipinski definition) is 1. The first-order valence-corrected chi connectivity index (χ1v) is 4.08. The summed E-state index contributed by atoms with van der Waals surface area (Å²) in [6.45, 7) is 8.69. The van der Waals surface area contributed by atoms with Crippen molar-refractivity contribution in [2.75, 3.05) is 0 Å². The summed E-state index contributed by atoms with van der Waals surface area (Å²) in [5, 5.41) is 0. The SMILES string of the molecule is CCc1nccn1C(C)(C)C. The Morgan fingerprint density at radius 1 is 1.45 bits per heavy atom. The highest BCUT2D eigenvalue weighted by Crippen LogP contribution is 2.15. The number of aromatic nitrogens is 2. The van der Waals surface area contributed by atoms with Crippen molar-refractivity contribution in [1.82, 2.24) is 9.55 Å². The molecule has 62 valence electrons. The first kappa shape index (κ1) is 8.31. The average molecular weight is 152 g/mol. The van der Waals surface area contributed by atoms with E-state index in [2.05, 4.69) is 37.2 Å². The van der Waals surface area contributed by atoms with Gasteiger partial charge in [-0.15, -0.1) is 0 Å². The van der Waals surface area contributed by atoms with Crippen LogP contribution in [0.3, 0.4) is 0 Å². The molecule has 11 heavy (non-hydrogen) atoms. The summed E-state index contributed by atoms with van der Waals surface area (Å²) in [4.78, 5) is 4.26. The van der Waals surface area contributed by atoms with E-state index in [1.807, 2.05) is 12.4 Å². The van der Waals surface area contributed by atoms with E-state index in [0.717, 1.165) is 12.2 Å². The maximum Gasteiger partial charge on any atom is 0.108 e. The minimum absolute atomic E-state index is 0.168. The summed E-state index contributed by atoms with van der Waals surface area (Å²) < 4.78 is 2.22. The topological polar surface area (TPSA) is 17.8 Å². The maximum atomic E-state index is 4.26. The smallest absolute Gasteiger partial charge is 0.108 e. The molecule has 2 nitrogen and oxygen atoms in total. The van der Waals surface area contributed by atoms with Crippen LogP contribution < -0.4 is 0 Å². The molecule has 0 aliphatic rings. The first-order valence-electron chi connectivity index (χ1n) is 4.08. The van der Waals surface area contributed by atoms with Gasteiger partial charge in [-0.25, -0.2) is 4.98 Å². The second kappa shape index (κ2) is 2.68. The van der Waals surface area contributed by atoms with Gasteiger partial charge in [0.15, 0.2) is 0 Å². The predicted molar refractivity (Wildman–Crippen MR) is 46.6 cm³/mol. The fraction of sp³-hybridized carbons (Fsp3) is 0.667. The van der Waals surface area contributed by atoms with Crippen LogP contribution in [-0.4, -0.2) is 9.55 Å². The van der Waals surface area contributed by atoms with Crippen LogP contribution in [0, 0.1) is 0 Å². The molecule has 0 spiro atoms. The third-order valence-electron chi connectivity index (χ3n) is 1.76. The Kier molecular flexibility index (Phi) is 2.03. The minimum atomic E-state index is 0.168. The van der Waals surface area contributed by atoms with Gasteiger partial charge in [0.25, 0.3) is 0 Å². The second-order valence-corrected chi connectivity index (χ2v) is 3.74. The van der Waals surface area contributed by atoms with Crippen LogP contribution in [-0.2, 0) is 12.0 Å². The van der Waals surface area contributed by atoms with Crippen LogP contribution in [0.5, 0.6) is 0 Å². The van der Waals surface area contributed by atoms with Gasteiger partial charge >= 0.3 is 0 Å².